The van der Waals surface area contributed by atoms with Crippen molar-refractivity contribution in [3.63, 3.8) is 0 Å². The molecule has 19 heavy (non-hydrogen) atoms. The third kappa shape index (κ3) is 2.12. The van der Waals surface area contributed by atoms with Crippen molar-refractivity contribution in [1.29, 1.82) is 0 Å². The number of ether oxygens (including phenoxy) is 1. The Labute approximate surface area is 118 Å². The lowest BCUT2D eigenvalue weighted by Gasteiger charge is -2.22. The van der Waals surface area contributed by atoms with Crippen molar-refractivity contribution in [3.05, 3.63) is 35.1 Å². The van der Waals surface area contributed by atoms with E-state index >= 15 is 0 Å². The SMILES string of the molecule is COc1ccc(-c2nc(Cl)c3n2CCCC3C)cc1. The first-order valence-corrected chi connectivity index (χ1v) is 6.99. The van der Waals surface area contributed by atoms with Crippen molar-refractivity contribution in [2.24, 2.45) is 0 Å². The minimum absolute atomic E-state index is 0.487. The zero-order chi connectivity index (χ0) is 13.4. The highest BCUT2D eigenvalue weighted by molar-refractivity contribution is 6.30. The van der Waals surface area contributed by atoms with Crippen LogP contribution in [0.15, 0.2) is 24.3 Å². The Morgan fingerprint density at radius 2 is 2.05 bits per heavy atom. The Bertz CT molecular complexity index is 589. The fraction of sp³-hybridized carbons (Fsp3) is 0.400. The van der Waals surface area contributed by atoms with Crippen molar-refractivity contribution in [2.75, 3.05) is 7.11 Å². The van der Waals surface area contributed by atoms with Crippen LogP contribution >= 0.6 is 11.6 Å². The standard InChI is InChI=1S/C15H17ClN2O/c1-10-4-3-9-18-13(10)14(16)17-15(18)11-5-7-12(19-2)8-6-11/h5-8,10H,3-4,9H2,1-2H3. The maximum atomic E-state index is 6.31. The van der Waals surface area contributed by atoms with E-state index in [1.54, 1.807) is 7.11 Å². The van der Waals surface area contributed by atoms with Crippen molar-refractivity contribution in [1.82, 2.24) is 9.55 Å². The van der Waals surface area contributed by atoms with E-state index in [4.69, 9.17) is 16.3 Å². The summed E-state index contributed by atoms with van der Waals surface area (Å²) in [7, 11) is 1.67. The summed E-state index contributed by atoms with van der Waals surface area (Å²) in [5.74, 6) is 2.31. The minimum atomic E-state index is 0.487. The summed E-state index contributed by atoms with van der Waals surface area (Å²) in [6.07, 6.45) is 2.37. The zero-order valence-corrected chi connectivity index (χ0v) is 11.9. The number of imidazole rings is 1. The minimum Gasteiger partial charge on any atom is -0.497 e. The molecule has 1 unspecified atom stereocenters. The van der Waals surface area contributed by atoms with Gasteiger partial charge < -0.3 is 9.30 Å². The molecule has 1 aliphatic heterocycles. The maximum Gasteiger partial charge on any atom is 0.151 e. The number of aromatic nitrogens is 2. The summed E-state index contributed by atoms with van der Waals surface area (Å²) in [5, 5.41) is 0.651. The van der Waals surface area contributed by atoms with E-state index in [2.05, 4.69) is 16.5 Å². The first-order chi connectivity index (χ1) is 9.20. The molecule has 4 heteroatoms. The van der Waals surface area contributed by atoms with Crippen LogP contribution in [0.4, 0.5) is 0 Å². The molecular weight excluding hydrogens is 260 g/mol. The molecule has 0 N–H and O–H groups in total. The van der Waals surface area contributed by atoms with Crippen molar-refractivity contribution < 1.29 is 4.74 Å². The molecule has 0 saturated carbocycles. The molecule has 100 valence electrons. The molecule has 2 aromatic rings. The van der Waals surface area contributed by atoms with Crippen LogP contribution in [0.2, 0.25) is 5.15 Å². The summed E-state index contributed by atoms with van der Waals surface area (Å²) < 4.78 is 7.45. The molecule has 2 heterocycles. The molecule has 1 aromatic carbocycles. The Kier molecular flexibility index (Phi) is 3.23. The highest BCUT2D eigenvalue weighted by Crippen LogP contribution is 2.36. The van der Waals surface area contributed by atoms with Gasteiger partial charge in [-0.2, -0.15) is 0 Å². The molecule has 3 rings (SSSR count). The summed E-state index contributed by atoms with van der Waals surface area (Å²) in [6, 6.07) is 7.97. The van der Waals surface area contributed by atoms with Crippen LogP contribution in [0.3, 0.4) is 0 Å². The van der Waals surface area contributed by atoms with Crippen molar-refractivity contribution in [2.45, 2.75) is 32.2 Å². The van der Waals surface area contributed by atoms with Crippen LogP contribution in [0, 0.1) is 0 Å². The number of nitrogens with zero attached hydrogens (tertiary/aromatic N) is 2. The molecule has 0 saturated heterocycles. The maximum absolute atomic E-state index is 6.31. The summed E-state index contributed by atoms with van der Waals surface area (Å²) >= 11 is 6.31. The number of rotatable bonds is 2. The lowest BCUT2D eigenvalue weighted by atomic mass is 9.98. The lowest BCUT2D eigenvalue weighted by Crippen LogP contribution is -2.14. The number of methoxy groups -OCH3 is 1. The number of halogens is 1. The van der Waals surface area contributed by atoms with Crippen molar-refractivity contribution in [3.8, 4) is 17.1 Å². The topological polar surface area (TPSA) is 27.1 Å². The zero-order valence-electron chi connectivity index (χ0n) is 11.2. The second kappa shape index (κ2) is 4.89. The molecular formula is C15H17ClN2O. The average Bonchev–Trinajstić information content (AvgIpc) is 2.78. The van der Waals surface area contributed by atoms with Crippen molar-refractivity contribution >= 4 is 11.6 Å². The first-order valence-electron chi connectivity index (χ1n) is 6.61. The van der Waals surface area contributed by atoms with Gasteiger partial charge >= 0.3 is 0 Å². The molecule has 3 nitrogen and oxygen atoms in total. The number of hydrogen-bond donors (Lipinski definition) is 0. The van der Waals surface area contributed by atoms with E-state index in [9.17, 15) is 0 Å². The molecule has 0 amide bonds. The first kappa shape index (κ1) is 12.5. The van der Waals surface area contributed by atoms with Gasteiger partial charge in [0.25, 0.3) is 0 Å². The summed E-state index contributed by atoms with van der Waals surface area (Å²) in [5.41, 5.74) is 2.27. The van der Waals surface area contributed by atoms with E-state index in [1.807, 2.05) is 24.3 Å². The van der Waals surface area contributed by atoms with Gasteiger partial charge in [0.1, 0.15) is 11.6 Å². The molecule has 0 radical (unpaired) electrons. The van der Waals surface area contributed by atoms with Gasteiger partial charge in [0.15, 0.2) is 5.15 Å². The Balaban J connectivity index is 2.07. The fourth-order valence-corrected chi connectivity index (χ4v) is 3.15. The molecule has 0 fully saturated rings. The van der Waals surface area contributed by atoms with Crippen LogP contribution in [0.25, 0.3) is 11.4 Å². The van der Waals surface area contributed by atoms with Gasteiger partial charge in [-0.15, -0.1) is 0 Å². The summed E-state index contributed by atoms with van der Waals surface area (Å²) in [6.45, 7) is 3.22. The van der Waals surface area contributed by atoms with Gasteiger partial charge in [0.2, 0.25) is 0 Å². The van der Waals surface area contributed by atoms with E-state index in [-0.39, 0.29) is 0 Å². The fourth-order valence-electron chi connectivity index (χ4n) is 2.78. The molecule has 1 aromatic heterocycles. The van der Waals surface area contributed by atoms with Crippen LogP contribution in [0.5, 0.6) is 5.75 Å². The molecule has 0 bridgehead atoms. The third-order valence-corrected chi connectivity index (χ3v) is 4.07. The van der Waals surface area contributed by atoms with Gasteiger partial charge in [0.05, 0.1) is 12.8 Å². The molecule has 0 spiro atoms. The second-order valence-electron chi connectivity index (χ2n) is 5.03. The van der Waals surface area contributed by atoms with Gasteiger partial charge in [-0.25, -0.2) is 4.98 Å². The monoisotopic (exact) mass is 276 g/mol. The van der Waals surface area contributed by atoms with Crippen LogP contribution < -0.4 is 4.74 Å². The Morgan fingerprint density at radius 1 is 1.32 bits per heavy atom. The van der Waals surface area contributed by atoms with Gasteiger partial charge in [-0.3, -0.25) is 0 Å². The third-order valence-electron chi connectivity index (χ3n) is 3.80. The highest BCUT2D eigenvalue weighted by atomic mass is 35.5. The smallest absolute Gasteiger partial charge is 0.151 e. The molecule has 0 aliphatic carbocycles. The van der Waals surface area contributed by atoms with E-state index in [0.717, 1.165) is 23.7 Å². The largest absolute Gasteiger partial charge is 0.497 e. The van der Waals surface area contributed by atoms with Crippen LogP contribution in [-0.4, -0.2) is 16.7 Å². The van der Waals surface area contributed by atoms with Gasteiger partial charge in [0, 0.05) is 12.1 Å². The predicted molar refractivity (Wildman–Crippen MR) is 76.9 cm³/mol. The van der Waals surface area contributed by atoms with E-state index < -0.39 is 0 Å². The van der Waals surface area contributed by atoms with Gasteiger partial charge in [-0.05, 0) is 43.0 Å². The number of benzene rings is 1. The van der Waals surface area contributed by atoms with E-state index in [1.165, 1.54) is 18.5 Å². The number of fused-ring (bicyclic) bond motifs is 1. The normalized spacial score (nSPS) is 18.2. The number of hydrogen-bond acceptors (Lipinski definition) is 2. The lowest BCUT2D eigenvalue weighted by molar-refractivity contribution is 0.415. The molecule has 1 atom stereocenters. The molecule has 1 aliphatic rings. The van der Waals surface area contributed by atoms with Crippen LogP contribution in [0.1, 0.15) is 31.4 Å². The Hall–Kier alpha value is -1.48. The predicted octanol–water partition coefficient (Wildman–Crippen LogP) is 4.11. The highest BCUT2D eigenvalue weighted by Gasteiger charge is 2.24. The summed E-state index contributed by atoms with van der Waals surface area (Å²) in [4.78, 5) is 4.56. The Morgan fingerprint density at radius 3 is 2.74 bits per heavy atom. The second-order valence-corrected chi connectivity index (χ2v) is 5.39. The van der Waals surface area contributed by atoms with Crippen LogP contribution in [-0.2, 0) is 6.54 Å². The van der Waals surface area contributed by atoms with E-state index in [0.29, 0.717) is 11.1 Å². The van der Waals surface area contributed by atoms with Gasteiger partial charge in [-0.1, -0.05) is 18.5 Å². The quantitative estimate of drug-likeness (QED) is 0.825. The average molecular weight is 277 g/mol.